The van der Waals surface area contributed by atoms with E-state index in [1.165, 1.54) is 0 Å². The van der Waals surface area contributed by atoms with Crippen LogP contribution in [-0.4, -0.2) is 26.9 Å². The summed E-state index contributed by atoms with van der Waals surface area (Å²) in [6.07, 6.45) is 0. The molecular weight excluding hydrogens is 316 g/mol. The maximum absolute atomic E-state index is 12.4. The Labute approximate surface area is 149 Å². The Morgan fingerprint density at radius 1 is 1.16 bits per heavy atom. The number of aromatic nitrogens is 2. The van der Waals surface area contributed by atoms with Crippen molar-refractivity contribution in [1.29, 1.82) is 0 Å². The largest absolute Gasteiger partial charge is 0.350 e. The standard InChI is InChI=1S/C19H28N4O2/c1-12(2)18(25)20-13(3)17-21-14-9-7-8-10-15(14)23(17)11-16(24)22-19(4,5)6/h7-10,12-13H,11H2,1-6H3,(H,20,25)(H,22,24). The number of fused-ring (bicyclic) bond motifs is 1. The number of nitrogens with zero attached hydrogens (tertiary/aromatic N) is 2. The van der Waals surface area contributed by atoms with E-state index in [2.05, 4.69) is 15.6 Å². The maximum atomic E-state index is 12.4. The molecule has 0 fully saturated rings. The van der Waals surface area contributed by atoms with Crippen LogP contribution in [0.5, 0.6) is 0 Å². The van der Waals surface area contributed by atoms with E-state index in [4.69, 9.17) is 0 Å². The van der Waals surface area contributed by atoms with Crippen LogP contribution in [0.2, 0.25) is 0 Å². The molecule has 136 valence electrons. The number of carbonyl (C=O) groups is 2. The predicted octanol–water partition coefficient (Wildman–Crippen LogP) is 2.78. The summed E-state index contributed by atoms with van der Waals surface area (Å²) in [6.45, 7) is 11.6. The van der Waals surface area contributed by atoms with Crippen molar-refractivity contribution in [3.63, 3.8) is 0 Å². The fourth-order valence-electron chi connectivity index (χ4n) is 2.64. The molecule has 2 amide bonds. The number of para-hydroxylation sites is 2. The number of benzene rings is 1. The van der Waals surface area contributed by atoms with Crippen LogP contribution in [0.1, 0.15) is 53.4 Å². The topological polar surface area (TPSA) is 76.0 Å². The number of imidazole rings is 1. The lowest BCUT2D eigenvalue weighted by Crippen LogP contribution is -2.42. The first-order chi connectivity index (χ1) is 11.6. The van der Waals surface area contributed by atoms with Crippen molar-refractivity contribution in [3.05, 3.63) is 30.1 Å². The molecule has 0 aliphatic rings. The number of amides is 2. The first-order valence-corrected chi connectivity index (χ1v) is 8.65. The van der Waals surface area contributed by atoms with Gasteiger partial charge >= 0.3 is 0 Å². The lowest BCUT2D eigenvalue weighted by Gasteiger charge is -2.22. The van der Waals surface area contributed by atoms with Crippen LogP contribution < -0.4 is 10.6 Å². The lowest BCUT2D eigenvalue weighted by molar-refractivity contribution is -0.124. The Bertz CT molecular complexity index is 771. The molecule has 1 atom stereocenters. The SMILES string of the molecule is CC(C)C(=O)NC(C)c1nc2ccccc2n1CC(=O)NC(C)(C)C. The Hall–Kier alpha value is -2.37. The molecule has 0 aliphatic carbocycles. The Balaban J connectivity index is 2.36. The molecule has 2 N–H and O–H groups in total. The van der Waals surface area contributed by atoms with E-state index in [1.807, 2.05) is 70.4 Å². The van der Waals surface area contributed by atoms with Crippen molar-refractivity contribution >= 4 is 22.8 Å². The number of hydrogen-bond donors (Lipinski definition) is 2. The summed E-state index contributed by atoms with van der Waals surface area (Å²) >= 11 is 0. The summed E-state index contributed by atoms with van der Waals surface area (Å²) in [5.41, 5.74) is 1.39. The van der Waals surface area contributed by atoms with Crippen LogP contribution in [0, 0.1) is 5.92 Å². The van der Waals surface area contributed by atoms with Gasteiger partial charge in [0.15, 0.2) is 0 Å². The summed E-state index contributed by atoms with van der Waals surface area (Å²) in [7, 11) is 0. The van der Waals surface area contributed by atoms with Gasteiger partial charge in [0.2, 0.25) is 11.8 Å². The highest BCUT2D eigenvalue weighted by Gasteiger charge is 2.22. The zero-order valence-electron chi connectivity index (χ0n) is 15.9. The highest BCUT2D eigenvalue weighted by molar-refractivity contribution is 5.82. The smallest absolute Gasteiger partial charge is 0.240 e. The lowest BCUT2D eigenvalue weighted by atomic mass is 10.1. The number of rotatable bonds is 5. The van der Waals surface area contributed by atoms with Crippen molar-refractivity contribution in [2.24, 2.45) is 5.92 Å². The number of nitrogens with one attached hydrogen (secondary N) is 2. The first-order valence-electron chi connectivity index (χ1n) is 8.65. The molecule has 1 heterocycles. The summed E-state index contributed by atoms with van der Waals surface area (Å²) in [5, 5.41) is 5.94. The van der Waals surface area contributed by atoms with Crippen LogP contribution in [0.3, 0.4) is 0 Å². The van der Waals surface area contributed by atoms with Crippen molar-refractivity contribution in [2.45, 2.75) is 59.7 Å². The first kappa shape index (κ1) is 19.0. The second kappa shape index (κ2) is 7.25. The van der Waals surface area contributed by atoms with Gasteiger partial charge in [-0.1, -0.05) is 26.0 Å². The third kappa shape index (κ3) is 4.81. The van der Waals surface area contributed by atoms with Gasteiger partial charge in [0.1, 0.15) is 12.4 Å². The molecular formula is C19H28N4O2. The molecule has 0 aliphatic heterocycles. The highest BCUT2D eigenvalue weighted by atomic mass is 16.2. The van der Waals surface area contributed by atoms with Crippen LogP contribution in [0.25, 0.3) is 11.0 Å². The Kier molecular flexibility index (Phi) is 5.50. The van der Waals surface area contributed by atoms with Crippen LogP contribution in [0.15, 0.2) is 24.3 Å². The second-order valence-electron chi connectivity index (χ2n) is 7.73. The average Bonchev–Trinajstić information content (AvgIpc) is 2.84. The number of hydrogen-bond acceptors (Lipinski definition) is 3. The monoisotopic (exact) mass is 344 g/mol. The molecule has 1 aromatic heterocycles. The minimum atomic E-state index is -0.300. The van der Waals surface area contributed by atoms with Gasteiger partial charge < -0.3 is 15.2 Å². The van der Waals surface area contributed by atoms with E-state index in [1.54, 1.807) is 0 Å². The van der Waals surface area contributed by atoms with Gasteiger partial charge in [-0.25, -0.2) is 4.98 Å². The van der Waals surface area contributed by atoms with Crippen molar-refractivity contribution in [3.8, 4) is 0 Å². The van der Waals surface area contributed by atoms with Gasteiger partial charge in [-0.3, -0.25) is 9.59 Å². The summed E-state index contributed by atoms with van der Waals surface area (Å²) in [4.78, 5) is 29.1. The Morgan fingerprint density at radius 2 is 1.80 bits per heavy atom. The molecule has 1 aromatic carbocycles. The van der Waals surface area contributed by atoms with E-state index in [0.717, 1.165) is 11.0 Å². The molecule has 0 bridgehead atoms. The molecule has 0 radical (unpaired) electrons. The van der Waals surface area contributed by atoms with Crippen LogP contribution in [0.4, 0.5) is 0 Å². The summed E-state index contributed by atoms with van der Waals surface area (Å²) in [5.74, 6) is 0.452. The third-order valence-corrected chi connectivity index (χ3v) is 3.77. The quantitative estimate of drug-likeness (QED) is 0.876. The van der Waals surface area contributed by atoms with E-state index < -0.39 is 0 Å². The zero-order chi connectivity index (χ0) is 18.8. The van der Waals surface area contributed by atoms with Crippen molar-refractivity contribution in [1.82, 2.24) is 20.2 Å². The van der Waals surface area contributed by atoms with Crippen LogP contribution >= 0.6 is 0 Å². The molecule has 0 spiro atoms. The van der Waals surface area contributed by atoms with E-state index in [-0.39, 0.29) is 35.9 Å². The maximum Gasteiger partial charge on any atom is 0.240 e. The molecule has 25 heavy (non-hydrogen) atoms. The minimum Gasteiger partial charge on any atom is -0.350 e. The minimum absolute atomic E-state index is 0.0368. The number of carbonyl (C=O) groups excluding carboxylic acids is 2. The van der Waals surface area contributed by atoms with Gasteiger partial charge in [0.05, 0.1) is 17.1 Å². The molecule has 0 saturated carbocycles. The van der Waals surface area contributed by atoms with Gasteiger partial charge in [-0.15, -0.1) is 0 Å². The average molecular weight is 344 g/mol. The molecule has 1 unspecified atom stereocenters. The highest BCUT2D eigenvalue weighted by Crippen LogP contribution is 2.21. The summed E-state index contributed by atoms with van der Waals surface area (Å²) in [6, 6.07) is 7.39. The van der Waals surface area contributed by atoms with E-state index >= 15 is 0 Å². The van der Waals surface area contributed by atoms with Gasteiger partial charge in [-0.2, -0.15) is 0 Å². The van der Waals surface area contributed by atoms with E-state index in [0.29, 0.717) is 5.82 Å². The third-order valence-electron chi connectivity index (χ3n) is 3.77. The van der Waals surface area contributed by atoms with Gasteiger partial charge in [0.25, 0.3) is 0 Å². The molecule has 2 rings (SSSR count). The molecule has 6 heteroatoms. The van der Waals surface area contributed by atoms with Gasteiger partial charge in [0, 0.05) is 11.5 Å². The van der Waals surface area contributed by atoms with Crippen molar-refractivity contribution < 1.29 is 9.59 Å². The second-order valence-corrected chi connectivity index (χ2v) is 7.73. The van der Waals surface area contributed by atoms with Crippen LogP contribution in [-0.2, 0) is 16.1 Å². The molecule has 0 saturated heterocycles. The molecule has 2 aromatic rings. The van der Waals surface area contributed by atoms with Crippen molar-refractivity contribution in [2.75, 3.05) is 0 Å². The normalized spacial score (nSPS) is 13.1. The van der Waals surface area contributed by atoms with E-state index in [9.17, 15) is 9.59 Å². The fourth-order valence-corrected chi connectivity index (χ4v) is 2.64. The predicted molar refractivity (Wildman–Crippen MR) is 99.0 cm³/mol. The molecule has 6 nitrogen and oxygen atoms in total. The van der Waals surface area contributed by atoms with Gasteiger partial charge in [-0.05, 0) is 39.8 Å². The Morgan fingerprint density at radius 3 is 2.40 bits per heavy atom. The fraction of sp³-hybridized carbons (Fsp3) is 0.526. The summed E-state index contributed by atoms with van der Waals surface area (Å²) < 4.78 is 1.88. The zero-order valence-corrected chi connectivity index (χ0v) is 15.9.